The molecular weight excluding hydrogens is 258 g/mol. The highest BCUT2D eigenvalue weighted by molar-refractivity contribution is 7.85. The van der Waals surface area contributed by atoms with Crippen LogP contribution in [0.5, 0.6) is 0 Å². The van der Waals surface area contributed by atoms with E-state index in [4.69, 9.17) is 4.55 Å². The second kappa shape index (κ2) is 6.97. The number of hydrogen-bond acceptors (Lipinski definition) is 5. The van der Waals surface area contributed by atoms with E-state index in [1.165, 1.54) is 0 Å². The molecule has 0 aliphatic heterocycles. The number of nitrogens with one attached hydrogen (secondary N) is 1. The smallest absolute Gasteiger partial charge is 0.307 e. The first-order chi connectivity index (χ1) is 8.47. The minimum Gasteiger partial charge on any atom is -0.464 e. The van der Waals surface area contributed by atoms with Crippen molar-refractivity contribution in [1.29, 1.82) is 0 Å². The summed E-state index contributed by atoms with van der Waals surface area (Å²) in [5.74, 6) is -1.09. The minimum atomic E-state index is -4.08. The Balaban J connectivity index is 2.14. The van der Waals surface area contributed by atoms with Crippen LogP contribution in [0.3, 0.4) is 0 Å². The summed E-state index contributed by atoms with van der Waals surface area (Å²) < 4.78 is 33.8. The summed E-state index contributed by atoms with van der Waals surface area (Å²) in [6.07, 6.45) is 0.125. The molecule has 0 bridgehead atoms. The summed E-state index contributed by atoms with van der Waals surface area (Å²) in [4.78, 5) is 11.2. The number of ether oxygens (including phenoxy) is 1. The molecule has 0 heterocycles. The maximum absolute atomic E-state index is 11.2. The van der Waals surface area contributed by atoms with Gasteiger partial charge in [0.1, 0.15) is 12.4 Å². The first-order valence-corrected chi connectivity index (χ1v) is 6.98. The van der Waals surface area contributed by atoms with E-state index >= 15 is 0 Å². The van der Waals surface area contributed by atoms with Gasteiger partial charge in [0, 0.05) is 12.2 Å². The molecule has 0 amide bonds. The molecule has 2 N–H and O–H groups in total. The number of anilines is 1. The van der Waals surface area contributed by atoms with Crippen LogP contribution in [0.15, 0.2) is 30.3 Å². The molecule has 0 saturated heterocycles. The fourth-order valence-corrected chi connectivity index (χ4v) is 1.49. The van der Waals surface area contributed by atoms with Crippen LogP contribution < -0.4 is 5.32 Å². The normalized spacial score (nSPS) is 10.9. The molecule has 0 aromatic heterocycles. The van der Waals surface area contributed by atoms with E-state index in [-0.39, 0.29) is 13.0 Å². The second-order valence-electron chi connectivity index (χ2n) is 3.55. The second-order valence-corrected chi connectivity index (χ2v) is 5.12. The predicted octanol–water partition coefficient (Wildman–Crippen LogP) is 0.920. The summed E-state index contributed by atoms with van der Waals surface area (Å²) in [7, 11) is -4.08. The van der Waals surface area contributed by atoms with Crippen molar-refractivity contribution in [3.63, 3.8) is 0 Å². The van der Waals surface area contributed by atoms with Gasteiger partial charge in [-0.15, -0.1) is 0 Å². The fraction of sp³-hybridized carbons (Fsp3) is 0.364. The summed E-state index contributed by atoms with van der Waals surface area (Å²) in [5, 5.41) is 3.01. The van der Waals surface area contributed by atoms with Gasteiger partial charge >= 0.3 is 5.97 Å². The lowest BCUT2D eigenvalue weighted by molar-refractivity contribution is -0.142. The summed E-state index contributed by atoms with van der Waals surface area (Å²) in [5.41, 5.74) is 0.892. The lowest BCUT2D eigenvalue weighted by Crippen LogP contribution is -2.16. The number of rotatable bonds is 7. The van der Waals surface area contributed by atoms with Gasteiger partial charge in [-0.1, -0.05) is 18.2 Å². The van der Waals surface area contributed by atoms with Gasteiger partial charge in [0.05, 0.1) is 6.42 Å². The van der Waals surface area contributed by atoms with Crippen LogP contribution in [0.4, 0.5) is 5.69 Å². The van der Waals surface area contributed by atoms with E-state index in [9.17, 15) is 13.2 Å². The minimum absolute atomic E-state index is 0.125. The van der Waals surface area contributed by atoms with Gasteiger partial charge in [0.15, 0.2) is 0 Å². The average molecular weight is 273 g/mol. The molecule has 1 aromatic rings. The Morgan fingerprint density at radius 2 is 1.94 bits per heavy atom. The number of benzene rings is 1. The first kappa shape index (κ1) is 14.5. The Morgan fingerprint density at radius 3 is 2.56 bits per heavy atom. The number of para-hydroxylation sites is 1. The van der Waals surface area contributed by atoms with Crippen molar-refractivity contribution in [2.24, 2.45) is 0 Å². The molecule has 0 aliphatic rings. The third-order valence-electron chi connectivity index (χ3n) is 2.04. The summed E-state index contributed by atoms with van der Waals surface area (Å²) >= 11 is 0. The van der Waals surface area contributed by atoms with Crippen LogP contribution in [-0.2, 0) is 19.6 Å². The SMILES string of the molecule is O=C(CCNc1ccccc1)OCCS(=O)(=O)O. The van der Waals surface area contributed by atoms with Gasteiger partial charge in [0.25, 0.3) is 10.1 Å². The Labute approximate surface area is 106 Å². The van der Waals surface area contributed by atoms with Crippen molar-refractivity contribution in [3.05, 3.63) is 30.3 Å². The van der Waals surface area contributed by atoms with E-state index in [1.54, 1.807) is 0 Å². The lowest BCUT2D eigenvalue weighted by atomic mass is 10.3. The molecule has 6 nitrogen and oxygen atoms in total. The molecule has 18 heavy (non-hydrogen) atoms. The van der Waals surface area contributed by atoms with Crippen molar-refractivity contribution in [1.82, 2.24) is 0 Å². The van der Waals surface area contributed by atoms with Crippen molar-refractivity contribution in [3.8, 4) is 0 Å². The van der Waals surface area contributed by atoms with E-state index in [0.717, 1.165) is 5.69 Å². The van der Waals surface area contributed by atoms with E-state index in [1.807, 2.05) is 30.3 Å². The molecular formula is C11H15NO5S. The highest BCUT2D eigenvalue weighted by Crippen LogP contribution is 2.04. The first-order valence-electron chi connectivity index (χ1n) is 5.37. The highest BCUT2D eigenvalue weighted by Gasteiger charge is 2.07. The van der Waals surface area contributed by atoms with Crippen LogP contribution in [0.2, 0.25) is 0 Å². The molecule has 0 atom stereocenters. The van der Waals surface area contributed by atoms with E-state index in [0.29, 0.717) is 6.54 Å². The third kappa shape index (κ3) is 6.87. The maximum atomic E-state index is 11.2. The van der Waals surface area contributed by atoms with Crippen molar-refractivity contribution >= 4 is 21.8 Å². The Bertz CT molecular complexity index is 471. The van der Waals surface area contributed by atoms with Crippen molar-refractivity contribution in [2.75, 3.05) is 24.2 Å². The molecule has 0 radical (unpaired) electrons. The molecule has 0 aliphatic carbocycles. The highest BCUT2D eigenvalue weighted by atomic mass is 32.2. The number of hydrogen-bond donors (Lipinski definition) is 2. The number of esters is 1. The average Bonchev–Trinajstić information content (AvgIpc) is 2.28. The standard InChI is InChI=1S/C11H15NO5S/c13-11(17-8-9-18(14,15)16)6-7-12-10-4-2-1-3-5-10/h1-5,12H,6-9H2,(H,14,15,16). The van der Waals surface area contributed by atoms with Crippen LogP contribution in [0.1, 0.15) is 6.42 Å². The van der Waals surface area contributed by atoms with Crippen molar-refractivity contribution < 1.29 is 22.5 Å². The quantitative estimate of drug-likeness (QED) is 0.567. The lowest BCUT2D eigenvalue weighted by Gasteiger charge is -2.06. The summed E-state index contributed by atoms with van der Waals surface area (Å²) in [6, 6.07) is 9.35. The van der Waals surface area contributed by atoms with Crippen LogP contribution in [0, 0.1) is 0 Å². The van der Waals surface area contributed by atoms with Crippen molar-refractivity contribution in [2.45, 2.75) is 6.42 Å². The molecule has 7 heteroatoms. The van der Waals surface area contributed by atoms with Crippen LogP contribution in [0.25, 0.3) is 0 Å². The van der Waals surface area contributed by atoms with Gasteiger partial charge in [0.2, 0.25) is 0 Å². The number of carbonyl (C=O) groups is 1. The zero-order chi connectivity index (χ0) is 13.4. The number of carbonyl (C=O) groups excluding carboxylic acids is 1. The Kier molecular flexibility index (Phi) is 5.60. The molecule has 100 valence electrons. The van der Waals surface area contributed by atoms with Crippen LogP contribution in [-0.4, -0.2) is 37.8 Å². The molecule has 0 saturated carbocycles. The Morgan fingerprint density at radius 1 is 1.28 bits per heavy atom. The molecule has 0 fully saturated rings. The van der Waals surface area contributed by atoms with Crippen LogP contribution >= 0.6 is 0 Å². The fourth-order valence-electron chi connectivity index (χ4n) is 1.20. The zero-order valence-corrected chi connectivity index (χ0v) is 10.5. The zero-order valence-electron chi connectivity index (χ0n) is 9.70. The largest absolute Gasteiger partial charge is 0.464 e. The van der Waals surface area contributed by atoms with Gasteiger partial charge in [-0.05, 0) is 12.1 Å². The predicted molar refractivity (Wildman–Crippen MR) is 66.9 cm³/mol. The van der Waals surface area contributed by atoms with Gasteiger partial charge < -0.3 is 10.1 Å². The van der Waals surface area contributed by atoms with E-state index < -0.39 is 21.8 Å². The van der Waals surface area contributed by atoms with E-state index in [2.05, 4.69) is 10.1 Å². The van der Waals surface area contributed by atoms with Gasteiger partial charge in [-0.3, -0.25) is 9.35 Å². The monoisotopic (exact) mass is 273 g/mol. The molecule has 0 unspecified atom stereocenters. The third-order valence-corrected chi connectivity index (χ3v) is 2.72. The maximum Gasteiger partial charge on any atom is 0.307 e. The van der Waals surface area contributed by atoms with Gasteiger partial charge in [-0.2, -0.15) is 8.42 Å². The summed E-state index contributed by atoms with van der Waals surface area (Å²) in [6.45, 7) is 0.0672. The topological polar surface area (TPSA) is 92.7 Å². The molecule has 0 spiro atoms. The van der Waals surface area contributed by atoms with Gasteiger partial charge in [-0.25, -0.2) is 0 Å². The molecule has 1 rings (SSSR count). The molecule has 1 aromatic carbocycles. The Hall–Kier alpha value is -1.60.